The van der Waals surface area contributed by atoms with Crippen molar-refractivity contribution in [2.45, 2.75) is 31.3 Å². The van der Waals surface area contributed by atoms with E-state index in [1.807, 2.05) is 30.5 Å². The fraction of sp³-hybridized carbons (Fsp3) is 0.208. The maximum absolute atomic E-state index is 6.40. The molecule has 0 aliphatic rings. The Hall–Kier alpha value is -2.43. The Labute approximate surface area is 180 Å². The molecule has 2 aromatic heterocycles. The number of benzene rings is 2. The number of aromatic nitrogens is 2. The van der Waals surface area contributed by atoms with Crippen molar-refractivity contribution in [3.05, 3.63) is 83.1 Å². The van der Waals surface area contributed by atoms with Gasteiger partial charge in [0.05, 0.1) is 16.4 Å². The van der Waals surface area contributed by atoms with Crippen molar-refractivity contribution in [2.24, 2.45) is 0 Å². The fourth-order valence-corrected chi connectivity index (χ4v) is 4.09. The normalized spacial score (nSPS) is 11.3. The summed E-state index contributed by atoms with van der Waals surface area (Å²) >= 11 is 8.13. The molecular weight excluding hydrogens is 400 g/mol. The zero-order valence-corrected chi connectivity index (χ0v) is 18.3. The van der Waals surface area contributed by atoms with Gasteiger partial charge in [0.2, 0.25) is 0 Å². The number of fused-ring (bicyclic) bond motifs is 1. The average Bonchev–Trinajstić information content (AvgIpc) is 3.14. The second-order valence-electron chi connectivity index (χ2n) is 7.22. The van der Waals surface area contributed by atoms with Crippen LogP contribution in [0.5, 0.6) is 5.75 Å². The molecule has 0 fully saturated rings. The molecule has 0 radical (unpaired) electrons. The van der Waals surface area contributed by atoms with Crippen molar-refractivity contribution in [3.63, 3.8) is 0 Å². The minimum absolute atomic E-state index is 0.278. The van der Waals surface area contributed by atoms with Gasteiger partial charge in [0.25, 0.3) is 0 Å². The van der Waals surface area contributed by atoms with E-state index in [-0.39, 0.29) is 5.92 Å². The van der Waals surface area contributed by atoms with Crippen molar-refractivity contribution < 1.29 is 4.74 Å². The van der Waals surface area contributed by atoms with Gasteiger partial charge in [-0.1, -0.05) is 49.7 Å². The van der Waals surface area contributed by atoms with Crippen LogP contribution in [0.3, 0.4) is 0 Å². The number of hydrogen-bond donors (Lipinski definition) is 0. The summed E-state index contributed by atoms with van der Waals surface area (Å²) in [5, 5.41) is 0.654. The summed E-state index contributed by atoms with van der Waals surface area (Å²) < 4.78 is 8.17. The lowest BCUT2D eigenvalue weighted by molar-refractivity contribution is 0.306. The molecule has 0 atom stereocenters. The van der Waals surface area contributed by atoms with E-state index in [0.29, 0.717) is 11.6 Å². The molecule has 3 nitrogen and oxygen atoms in total. The second-order valence-corrected chi connectivity index (χ2v) is 8.50. The van der Waals surface area contributed by atoms with Gasteiger partial charge in [-0.3, -0.25) is 4.40 Å². The molecule has 148 valence electrons. The number of nitrogens with zero attached hydrogens (tertiary/aromatic N) is 2. The molecule has 0 amide bonds. The molecular formula is C24H23ClN2OS. The Bertz CT molecular complexity index is 1150. The first-order valence-electron chi connectivity index (χ1n) is 9.59. The molecule has 0 N–H and O–H groups in total. The average molecular weight is 423 g/mol. The van der Waals surface area contributed by atoms with Crippen molar-refractivity contribution >= 4 is 29.0 Å². The molecule has 2 aromatic carbocycles. The third-order valence-corrected chi connectivity index (χ3v) is 5.84. The van der Waals surface area contributed by atoms with Crippen LogP contribution in [0, 0.1) is 0 Å². The number of imidazole rings is 1. The monoisotopic (exact) mass is 422 g/mol. The first kappa shape index (κ1) is 19.9. The van der Waals surface area contributed by atoms with Gasteiger partial charge >= 0.3 is 0 Å². The van der Waals surface area contributed by atoms with Crippen LogP contribution < -0.4 is 4.74 Å². The molecule has 0 spiro atoms. The summed E-state index contributed by atoms with van der Waals surface area (Å²) in [7, 11) is 0. The molecule has 0 unspecified atom stereocenters. The van der Waals surface area contributed by atoms with Gasteiger partial charge in [-0.15, -0.1) is 11.8 Å². The summed E-state index contributed by atoms with van der Waals surface area (Å²) in [5.74, 6) is 1.11. The van der Waals surface area contributed by atoms with Crippen LogP contribution in [0.2, 0.25) is 5.02 Å². The van der Waals surface area contributed by atoms with Gasteiger partial charge in [-0.2, -0.15) is 0 Å². The first-order valence-corrected chi connectivity index (χ1v) is 11.2. The molecule has 0 aliphatic carbocycles. The highest BCUT2D eigenvalue weighted by molar-refractivity contribution is 7.98. The highest BCUT2D eigenvalue weighted by Crippen LogP contribution is 2.34. The lowest BCUT2D eigenvalue weighted by Gasteiger charge is -2.11. The van der Waals surface area contributed by atoms with E-state index in [4.69, 9.17) is 21.3 Å². The third kappa shape index (κ3) is 4.14. The molecule has 2 heterocycles. The number of halogens is 1. The third-order valence-electron chi connectivity index (χ3n) is 4.82. The summed E-state index contributed by atoms with van der Waals surface area (Å²) in [6, 6.07) is 20.4. The Morgan fingerprint density at radius 2 is 1.90 bits per heavy atom. The van der Waals surface area contributed by atoms with Gasteiger partial charge in [0.1, 0.15) is 12.4 Å². The Morgan fingerprint density at radius 3 is 2.69 bits per heavy atom. The molecule has 5 heteroatoms. The van der Waals surface area contributed by atoms with Crippen LogP contribution in [0.15, 0.2) is 71.8 Å². The fourth-order valence-electron chi connectivity index (χ4n) is 3.40. The molecule has 0 aliphatic heterocycles. The van der Waals surface area contributed by atoms with E-state index >= 15 is 0 Å². The SMILES string of the molecule is CSc1cccc(COc2cccc(-c3c(C(C)C)nc4c(Cl)cccn34)c2)c1. The van der Waals surface area contributed by atoms with E-state index in [1.54, 1.807) is 11.8 Å². The van der Waals surface area contributed by atoms with E-state index in [2.05, 4.69) is 60.9 Å². The van der Waals surface area contributed by atoms with E-state index in [0.717, 1.165) is 33.9 Å². The van der Waals surface area contributed by atoms with Crippen molar-refractivity contribution in [3.8, 4) is 17.0 Å². The predicted molar refractivity (Wildman–Crippen MR) is 122 cm³/mol. The summed E-state index contributed by atoms with van der Waals surface area (Å²) in [6.07, 6.45) is 4.09. The molecule has 0 saturated heterocycles. The van der Waals surface area contributed by atoms with Crippen LogP contribution in [-0.4, -0.2) is 15.6 Å². The van der Waals surface area contributed by atoms with E-state index in [1.165, 1.54) is 4.90 Å². The maximum Gasteiger partial charge on any atom is 0.156 e. The van der Waals surface area contributed by atoms with Crippen LogP contribution in [0.25, 0.3) is 16.9 Å². The quantitative estimate of drug-likeness (QED) is 0.310. The molecule has 29 heavy (non-hydrogen) atoms. The molecule has 0 saturated carbocycles. The van der Waals surface area contributed by atoms with Crippen molar-refractivity contribution in [1.82, 2.24) is 9.38 Å². The summed E-state index contributed by atoms with van der Waals surface area (Å²) in [5.41, 5.74) is 5.11. The van der Waals surface area contributed by atoms with Crippen LogP contribution in [-0.2, 0) is 6.61 Å². The molecule has 4 rings (SSSR count). The highest BCUT2D eigenvalue weighted by Gasteiger charge is 2.18. The second kappa shape index (κ2) is 8.52. The number of ether oxygens (including phenoxy) is 1. The van der Waals surface area contributed by atoms with Gasteiger partial charge in [-0.05, 0) is 54.1 Å². The summed E-state index contributed by atoms with van der Waals surface area (Å²) in [4.78, 5) is 6.06. The largest absolute Gasteiger partial charge is 0.489 e. The smallest absolute Gasteiger partial charge is 0.156 e. The molecule has 0 bridgehead atoms. The van der Waals surface area contributed by atoms with Crippen molar-refractivity contribution in [2.75, 3.05) is 6.26 Å². The predicted octanol–water partition coefficient (Wildman–Crippen LogP) is 7.08. The zero-order valence-electron chi connectivity index (χ0n) is 16.7. The summed E-state index contributed by atoms with van der Waals surface area (Å²) in [6.45, 7) is 4.84. The van der Waals surface area contributed by atoms with Gasteiger partial charge in [0, 0.05) is 16.7 Å². The topological polar surface area (TPSA) is 26.5 Å². The number of thioether (sulfide) groups is 1. The van der Waals surface area contributed by atoms with E-state index in [9.17, 15) is 0 Å². The van der Waals surface area contributed by atoms with Crippen LogP contribution >= 0.6 is 23.4 Å². The minimum atomic E-state index is 0.278. The van der Waals surface area contributed by atoms with Crippen LogP contribution in [0.4, 0.5) is 0 Å². The first-order chi connectivity index (χ1) is 14.1. The molecule has 4 aromatic rings. The number of pyridine rings is 1. The Kier molecular flexibility index (Phi) is 5.84. The highest BCUT2D eigenvalue weighted by atomic mass is 35.5. The van der Waals surface area contributed by atoms with Crippen molar-refractivity contribution in [1.29, 1.82) is 0 Å². The van der Waals surface area contributed by atoms with Gasteiger partial charge in [-0.25, -0.2) is 4.98 Å². The lowest BCUT2D eigenvalue weighted by Crippen LogP contribution is -1.97. The maximum atomic E-state index is 6.40. The van der Waals surface area contributed by atoms with Crippen LogP contribution in [0.1, 0.15) is 31.0 Å². The zero-order chi connectivity index (χ0) is 20.4. The standard InChI is InChI=1S/C24H23ClN2OS/c1-16(2)22-23(27-12-6-11-21(25)24(27)26-22)18-8-5-9-19(14-18)28-15-17-7-4-10-20(13-17)29-3/h4-14,16H,15H2,1-3H3. The van der Waals surface area contributed by atoms with E-state index < -0.39 is 0 Å². The lowest BCUT2D eigenvalue weighted by atomic mass is 10.0. The van der Waals surface area contributed by atoms with Gasteiger partial charge < -0.3 is 4.74 Å². The number of rotatable bonds is 6. The number of hydrogen-bond acceptors (Lipinski definition) is 3. The van der Waals surface area contributed by atoms with Gasteiger partial charge in [0.15, 0.2) is 5.65 Å². The Morgan fingerprint density at radius 1 is 1.07 bits per heavy atom. The minimum Gasteiger partial charge on any atom is -0.489 e. The Balaban J connectivity index is 1.68.